The minimum atomic E-state index is -0.992. The zero-order valence-electron chi connectivity index (χ0n) is 15.6. The second-order valence-electron chi connectivity index (χ2n) is 6.16. The average Bonchev–Trinajstić information content (AvgIpc) is 2.64. The SMILES string of the molecule is COc1ccc(CN(c2cccc(C=CC(=O)O)n2)C(C)N(C)C)cc1. The Balaban J connectivity index is 2.32. The Labute approximate surface area is 154 Å². The number of benzene rings is 1. The number of anilines is 1. The fraction of sp³-hybridized carbons (Fsp3) is 0.300. The smallest absolute Gasteiger partial charge is 0.328 e. The van der Waals surface area contributed by atoms with Crippen molar-refractivity contribution in [1.82, 2.24) is 9.88 Å². The number of carbonyl (C=O) groups is 1. The topological polar surface area (TPSA) is 65.9 Å². The highest BCUT2D eigenvalue weighted by atomic mass is 16.5. The van der Waals surface area contributed by atoms with E-state index in [-0.39, 0.29) is 6.17 Å². The number of methoxy groups -OCH3 is 1. The van der Waals surface area contributed by atoms with E-state index in [2.05, 4.69) is 21.7 Å². The number of ether oxygens (including phenoxy) is 1. The molecule has 0 bridgehead atoms. The maximum Gasteiger partial charge on any atom is 0.328 e. The van der Waals surface area contributed by atoms with Crippen LogP contribution in [0.5, 0.6) is 5.75 Å². The van der Waals surface area contributed by atoms with Crippen LogP contribution in [-0.4, -0.2) is 48.3 Å². The first-order chi connectivity index (χ1) is 12.4. The van der Waals surface area contributed by atoms with Gasteiger partial charge in [-0.1, -0.05) is 18.2 Å². The van der Waals surface area contributed by atoms with Gasteiger partial charge in [-0.15, -0.1) is 0 Å². The fourth-order valence-corrected chi connectivity index (χ4v) is 2.46. The van der Waals surface area contributed by atoms with Gasteiger partial charge < -0.3 is 14.7 Å². The summed E-state index contributed by atoms with van der Waals surface area (Å²) in [5.74, 6) is 0.614. The molecule has 26 heavy (non-hydrogen) atoms. The molecule has 0 aliphatic rings. The predicted octanol–water partition coefficient (Wildman–Crippen LogP) is 3.10. The number of carboxylic acids is 1. The molecule has 1 N–H and O–H groups in total. The van der Waals surface area contributed by atoms with E-state index in [9.17, 15) is 4.79 Å². The Bertz CT molecular complexity index is 757. The lowest BCUT2D eigenvalue weighted by Gasteiger charge is -2.34. The molecule has 1 atom stereocenters. The fourth-order valence-electron chi connectivity index (χ4n) is 2.46. The molecule has 2 aromatic rings. The third-order valence-corrected chi connectivity index (χ3v) is 4.16. The lowest BCUT2D eigenvalue weighted by Crippen LogP contribution is -2.43. The van der Waals surface area contributed by atoms with Crippen molar-refractivity contribution in [2.45, 2.75) is 19.6 Å². The van der Waals surface area contributed by atoms with Gasteiger partial charge in [-0.25, -0.2) is 9.78 Å². The van der Waals surface area contributed by atoms with Crippen LogP contribution in [0.15, 0.2) is 48.5 Å². The summed E-state index contributed by atoms with van der Waals surface area (Å²) in [6.07, 6.45) is 2.69. The first kappa shape index (κ1) is 19.5. The van der Waals surface area contributed by atoms with Gasteiger partial charge in [-0.05, 0) is 56.9 Å². The highest BCUT2D eigenvalue weighted by Gasteiger charge is 2.18. The van der Waals surface area contributed by atoms with Crippen LogP contribution >= 0.6 is 0 Å². The first-order valence-electron chi connectivity index (χ1n) is 8.34. The predicted molar refractivity (Wildman–Crippen MR) is 103 cm³/mol. The average molecular weight is 355 g/mol. The number of aliphatic carboxylic acids is 1. The van der Waals surface area contributed by atoms with Crippen LogP contribution in [0.25, 0.3) is 6.08 Å². The lowest BCUT2D eigenvalue weighted by molar-refractivity contribution is -0.131. The Morgan fingerprint density at radius 3 is 2.50 bits per heavy atom. The molecule has 0 radical (unpaired) electrons. The molecular formula is C20H25N3O3. The van der Waals surface area contributed by atoms with E-state index in [1.807, 2.05) is 50.5 Å². The minimum Gasteiger partial charge on any atom is -0.497 e. The summed E-state index contributed by atoms with van der Waals surface area (Å²) >= 11 is 0. The van der Waals surface area contributed by atoms with Gasteiger partial charge in [0.1, 0.15) is 11.6 Å². The second-order valence-corrected chi connectivity index (χ2v) is 6.16. The van der Waals surface area contributed by atoms with E-state index in [1.54, 1.807) is 13.2 Å². The number of pyridine rings is 1. The summed E-state index contributed by atoms with van der Waals surface area (Å²) < 4.78 is 5.22. The maximum atomic E-state index is 10.7. The van der Waals surface area contributed by atoms with Crippen molar-refractivity contribution in [3.8, 4) is 5.75 Å². The molecule has 1 heterocycles. The Kier molecular flexibility index (Phi) is 6.74. The molecule has 138 valence electrons. The zero-order chi connectivity index (χ0) is 19.1. The standard InChI is InChI=1S/C20H25N3O3/c1-15(22(2)3)23(14-16-8-11-18(26-4)12-9-16)19-7-5-6-17(21-19)10-13-20(24)25/h5-13,15H,14H2,1-4H3,(H,24,25). The van der Waals surface area contributed by atoms with Crippen molar-refractivity contribution in [2.75, 3.05) is 26.1 Å². The second kappa shape index (κ2) is 9.01. The summed E-state index contributed by atoms with van der Waals surface area (Å²) in [7, 11) is 5.68. The number of carboxylic acid groups (broad SMARTS) is 1. The molecule has 6 nitrogen and oxygen atoms in total. The van der Waals surface area contributed by atoms with Gasteiger partial charge in [0.15, 0.2) is 0 Å². The number of rotatable bonds is 8. The molecule has 1 aromatic carbocycles. The van der Waals surface area contributed by atoms with Crippen molar-refractivity contribution < 1.29 is 14.6 Å². The van der Waals surface area contributed by atoms with Crippen molar-refractivity contribution in [2.24, 2.45) is 0 Å². The van der Waals surface area contributed by atoms with Gasteiger partial charge in [0.2, 0.25) is 0 Å². The molecule has 0 amide bonds. The molecule has 0 spiro atoms. The van der Waals surface area contributed by atoms with E-state index < -0.39 is 5.97 Å². The quantitative estimate of drug-likeness (QED) is 0.580. The van der Waals surface area contributed by atoms with Crippen molar-refractivity contribution >= 4 is 17.9 Å². The van der Waals surface area contributed by atoms with E-state index in [4.69, 9.17) is 9.84 Å². The molecule has 1 aromatic heterocycles. The molecule has 0 saturated heterocycles. The Morgan fingerprint density at radius 2 is 1.92 bits per heavy atom. The van der Waals surface area contributed by atoms with Crippen LogP contribution in [0, 0.1) is 0 Å². The number of hydrogen-bond donors (Lipinski definition) is 1. The van der Waals surface area contributed by atoms with Crippen molar-refractivity contribution in [1.29, 1.82) is 0 Å². The van der Waals surface area contributed by atoms with E-state index in [0.29, 0.717) is 12.2 Å². The molecular weight excluding hydrogens is 330 g/mol. The molecule has 0 fully saturated rings. The molecule has 0 aliphatic carbocycles. The van der Waals surface area contributed by atoms with Gasteiger partial charge >= 0.3 is 5.97 Å². The Morgan fingerprint density at radius 1 is 1.23 bits per heavy atom. The summed E-state index contributed by atoms with van der Waals surface area (Å²) in [6.45, 7) is 2.77. The van der Waals surface area contributed by atoms with E-state index >= 15 is 0 Å². The van der Waals surface area contributed by atoms with Gasteiger partial charge in [0, 0.05) is 12.6 Å². The van der Waals surface area contributed by atoms with Crippen LogP contribution in [0.3, 0.4) is 0 Å². The summed E-state index contributed by atoms with van der Waals surface area (Å²) in [5, 5.41) is 8.81. The van der Waals surface area contributed by atoms with Gasteiger partial charge in [-0.3, -0.25) is 4.90 Å². The molecule has 1 unspecified atom stereocenters. The van der Waals surface area contributed by atoms with Crippen LogP contribution in [0.4, 0.5) is 5.82 Å². The number of aromatic nitrogens is 1. The molecule has 2 rings (SSSR count). The van der Waals surface area contributed by atoms with Crippen LogP contribution < -0.4 is 9.64 Å². The monoisotopic (exact) mass is 355 g/mol. The first-order valence-corrected chi connectivity index (χ1v) is 8.34. The van der Waals surface area contributed by atoms with Crippen LogP contribution in [0.2, 0.25) is 0 Å². The molecule has 0 saturated carbocycles. The normalized spacial score (nSPS) is 12.3. The maximum absolute atomic E-state index is 10.7. The lowest BCUT2D eigenvalue weighted by atomic mass is 10.2. The third kappa shape index (κ3) is 5.32. The van der Waals surface area contributed by atoms with Gasteiger partial charge in [0.05, 0.1) is 19.0 Å². The summed E-state index contributed by atoms with van der Waals surface area (Å²) in [6, 6.07) is 13.5. The molecule has 0 aliphatic heterocycles. The highest BCUT2D eigenvalue weighted by molar-refractivity contribution is 5.84. The largest absolute Gasteiger partial charge is 0.497 e. The zero-order valence-corrected chi connectivity index (χ0v) is 15.6. The van der Waals surface area contributed by atoms with Crippen molar-refractivity contribution in [3.05, 3.63) is 59.8 Å². The summed E-state index contributed by atoms with van der Waals surface area (Å²) in [4.78, 5) is 19.6. The minimum absolute atomic E-state index is 0.100. The number of hydrogen-bond acceptors (Lipinski definition) is 5. The highest BCUT2D eigenvalue weighted by Crippen LogP contribution is 2.21. The van der Waals surface area contributed by atoms with E-state index in [0.717, 1.165) is 23.2 Å². The van der Waals surface area contributed by atoms with Crippen LogP contribution in [-0.2, 0) is 11.3 Å². The molecule has 6 heteroatoms. The summed E-state index contributed by atoms with van der Waals surface area (Å²) in [5.41, 5.74) is 1.74. The van der Waals surface area contributed by atoms with E-state index in [1.165, 1.54) is 6.08 Å². The van der Waals surface area contributed by atoms with Crippen molar-refractivity contribution in [3.63, 3.8) is 0 Å². The van der Waals surface area contributed by atoms with Crippen LogP contribution in [0.1, 0.15) is 18.2 Å². The Hall–Kier alpha value is -2.86. The number of nitrogens with zero attached hydrogens (tertiary/aromatic N) is 3. The van der Waals surface area contributed by atoms with Gasteiger partial charge in [-0.2, -0.15) is 0 Å². The van der Waals surface area contributed by atoms with Gasteiger partial charge in [0.25, 0.3) is 0 Å². The third-order valence-electron chi connectivity index (χ3n) is 4.16.